The molecule has 0 spiro atoms. The zero-order valence-corrected chi connectivity index (χ0v) is 15.8. The highest BCUT2D eigenvalue weighted by molar-refractivity contribution is 5.99. The molecule has 0 aliphatic heterocycles. The zero-order valence-electron chi connectivity index (χ0n) is 15.8. The van der Waals surface area contributed by atoms with E-state index in [0.717, 1.165) is 38.8 Å². The van der Waals surface area contributed by atoms with Crippen LogP contribution in [0.3, 0.4) is 0 Å². The summed E-state index contributed by atoms with van der Waals surface area (Å²) in [6, 6.07) is 20.4. The second kappa shape index (κ2) is 7.76. The lowest BCUT2D eigenvalue weighted by molar-refractivity contribution is -0.136. The number of carbonyl (C=O) groups is 1. The summed E-state index contributed by atoms with van der Waals surface area (Å²) in [5.41, 5.74) is 5.89. The molecule has 1 N–H and O–H groups in total. The lowest BCUT2D eigenvalue weighted by atomic mass is 9.97. The van der Waals surface area contributed by atoms with Crippen molar-refractivity contribution in [2.75, 3.05) is 0 Å². The van der Waals surface area contributed by atoms with E-state index in [-0.39, 0.29) is 12.2 Å². The Morgan fingerprint density at radius 1 is 1.03 bits per heavy atom. The highest BCUT2D eigenvalue weighted by Gasteiger charge is 2.14. The van der Waals surface area contributed by atoms with Crippen LogP contribution in [-0.2, 0) is 11.2 Å². The fraction of sp³-hybridized carbons (Fsp3) is 0.0800. The Morgan fingerprint density at radius 3 is 2.52 bits per heavy atom. The number of halogens is 1. The number of carboxylic acid groups (broad SMARTS) is 1. The predicted octanol–water partition coefficient (Wildman–Crippen LogP) is 6.10. The van der Waals surface area contributed by atoms with Crippen molar-refractivity contribution in [3.05, 3.63) is 96.4 Å². The highest BCUT2D eigenvalue weighted by atomic mass is 19.1. The summed E-state index contributed by atoms with van der Waals surface area (Å²) in [5.74, 6) is -1.09. The van der Waals surface area contributed by atoms with E-state index in [2.05, 4.69) is 6.58 Å². The Balaban J connectivity index is 1.94. The highest BCUT2D eigenvalue weighted by Crippen LogP contribution is 2.35. The second-order valence-corrected chi connectivity index (χ2v) is 6.93. The van der Waals surface area contributed by atoms with Crippen molar-refractivity contribution < 1.29 is 14.3 Å². The largest absolute Gasteiger partial charge is 0.481 e. The van der Waals surface area contributed by atoms with E-state index in [9.17, 15) is 9.18 Å². The third-order valence-electron chi connectivity index (χ3n) is 5.07. The van der Waals surface area contributed by atoms with Gasteiger partial charge in [0.05, 0.1) is 5.52 Å². The Hall–Kier alpha value is -3.66. The fourth-order valence-corrected chi connectivity index (χ4v) is 3.63. The van der Waals surface area contributed by atoms with Gasteiger partial charge in [0.15, 0.2) is 0 Å². The van der Waals surface area contributed by atoms with Crippen molar-refractivity contribution in [2.45, 2.75) is 12.8 Å². The molecule has 1 heterocycles. The summed E-state index contributed by atoms with van der Waals surface area (Å²) in [7, 11) is 0. The molecule has 4 heteroatoms. The Kier molecular flexibility index (Phi) is 5.00. The van der Waals surface area contributed by atoms with Crippen LogP contribution < -0.4 is 0 Å². The first kappa shape index (κ1) is 18.7. The minimum Gasteiger partial charge on any atom is -0.481 e. The Morgan fingerprint density at radius 2 is 1.79 bits per heavy atom. The molecule has 4 rings (SSSR count). The molecule has 3 nitrogen and oxygen atoms in total. The van der Waals surface area contributed by atoms with Gasteiger partial charge >= 0.3 is 5.97 Å². The second-order valence-electron chi connectivity index (χ2n) is 6.93. The normalized spacial score (nSPS) is 10.9. The molecule has 0 aliphatic rings. The average Bonchev–Trinajstić information content (AvgIpc) is 3.11. The fourth-order valence-electron chi connectivity index (χ4n) is 3.63. The van der Waals surface area contributed by atoms with Gasteiger partial charge in [-0.3, -0.25) is 4.79 Å². The quantitative estimate of drug-likeness (QED) is 0.436. The summed E-state index contributed by atoms with van der Waals surface area (Å²) < 4.78 is 15.5. The first-order valence-corrected chi connectivity index (χ1v) is 9.40. The number of fused-ring (bicyclic) bond motifs is 1. The van der Waals surface area contributed by atoms with Gasteiger partial charge in [-0.1, -0.05) is 43.0 Å². The number of hydrogen-bond donors (Lipinski definition) is 1. The first-order valence-electron chi connectivity index (χ1n) is 9.40. The van der Waals surface area contributed by atoms with Gasteiger partial charge in [0, 0.05) is 29.3 Å². The van der Waals surface area contributed by atoms with Gasteiger partial charge < -0.3 is 9.67 Å². The van der Waals surface area contributed by atoms with Crippen molar-refractivity contribution in [1.29, 1.82) is 0 Å². The van der Waals surface area contributed by atoms with Crippen molar-refractivity contribution in [1.82, 2.24) is 4.57 Å². The van der Waals surface area contributed by atoms with E-state index < -0.39 is 5.97 Å². The van der Waals surface area contributed by atoms with Crippen LogP contribution in [0, 0.1) is 5.82 Å². The van der Waals surface area contributed by atoms with Gasteiger partial charge in [0.25, 0.3) is 0 Å². The van der Waals surface area contributed by atoms with Gasteiger partial charge in [-0.2, -0.15) is 0 Å². The van der Waals surface area contributed by atoms with E-state index >= 15 is 0 Å². The smallest absolute Gasteiger partial charge is 0.303 e. The van der Waals surface area contributed by atoms with Crippen molar-refractivity contribution in [3.63, 3.8) is 0 Å². The first-order chi connectivity index (χ1) is 14.1. The monoisotopic (exact) mass is 385 g/mol. The van der Waals surface area contributed by atoms with Crippen LogP contribution in [0.4, 0.5) is 4.39 Å². The third kappa shape index (κ3) is 3.69. The maximum Gasteiger partial charge on any atom is 0.303 e. The lowest BCUT2D eigenvalue weighted by Crippen LogP contribution is -1.97. The summed E-state index contributed by atoms with van der Waals surface area (Å²) in [5, 5.41) is 10.0. The van der Waals surface area contributed by atoms with Crippen LogP contribution in [0.1, 0.15) is 17.5 Å². The number of carboxylic acids is 1. The summed E-state index contributed by atoms with van der Waals surface area (Å²) in [6.45, 7) is 3.92. The summed E-state index contributed by atoms with van der Waals surface area (Å²) >= 11 is 0. The number of nitrogens with zero attached hydrogens (tertiary/aromatic N) is 1. The lowest BCUT2D eigenvalue weighted by Gasteiger charge is -2.06. The number of aromatic nitrogens is 1. The molecule has 0 unspecified atom stereocenters. The average molecular weight is 385 g/mol. The topological polar surface area (TPSA) is 42.2 Å². The Bertz CT molecular complexity index is 1210. The molecule has 4 aromatic rings. The van der Waals surface area contributed by atoms with Crippen LogP contribution in [0.2, 0.25) is 0 Å². The van der Waals surface area contributed by atoms with E-state index in [4.69, 9.17) is 5.11 Å². The number of rotatable bonds is 6. The van der Waals surface area contributed by atoms with Crippen molar-refractivity contribution in [3.8, 4) is 16.8 Å². The van der Waals surface area contributed by atoms with E-state index in [1.54, 1.807) is 12.1 Å². The van der Waals surface area contributed by atoms with Crippen LogP contribution in [-0.4, -0.2) is 15.6 Å². The number of benzene rings is 3. The molecule has 1 aromatic heterocycles. The van der Waals surface area contributed by atoms with Gasteiger partial charge in [0.1, 0.15) is 5.82 Å². The standard InChI is InChI=1S/C25H20FNO2/c1-2-18-5-3-4-6-21(18)23-16-27(20-11-9-19(26)10-12-20)24-13-7-17(15-22(23)24)8-14-25(28)29/h2-7,9-13,15-16H,1,8,14H2,(H,28,29). The Labute approximate surface area is 168 Å². The molecular formula is C25H20FNO2. The molecule has 144 valence electrons. The van der Waals surface area contributed by atoms with Crippen LogP contribution in [0.5, 0.6) is 0 Å². The molecule has 0 radical (unpaired) electrons. The van der Waals surface area contributed by atoms with Gasteiger partial charge in [0.2, 0.25) is 0 Å². The SMILES string of the molecule is C=Cc1ccccc1-c1cn(-c2ccc(F)cc2)c2ccc(CCC(=O)O)cc12. The van der Waals surface area contributed by atoms with Crippen LogP contribution >= 0.6 is 0 Å². The number of hydrogen-bond acceptors (Lipinski definition) is 1. The molecule has 0 aliphatic carbocycles. The summed E-state index contributed by atoms with van der Waals surface area (Å²) in [4.78, 5) is 11.0. The van der Waals surface area contributed by atoms with Gasteiger partial charge in [-0.25, -0.2) is 4.39 Å². The molecular weight excluding hydrogens is 365 g/mol. The molecule has 0 bridgehead atoms. The molecule has 29 heavy (non-hydrogen) atoms. The minimum absolute atomic E-state index is 0.0861. The third-order valence-corrected chi connectivity index (χ3v) is 5.07. The predicted molar refractivity (Wildman–Crippen MR) is 115 cm³/mol. The maximum absolute atomic E-state index is 13.4. The van der Waals surface area contributed by atoms with Gasteiger partial charge in [-0.15, -0.1) is 0 Å². The van der Waals surface area contributed by atoms with Crippen molar-refractivity contribution >= 4 is 22.9 Å². The van der Waals surface area contributed by atoms with E-state index in [0.29, 0.717) is 6.42 Å². The number of aliphatic carboxylic acids is 1. The van der Waals surface area contributed by atoms with Gasteiger partial charge in [-0.05, 0) is 59.5 Å². The molecule has 0 fully saturated rings. The van der Waals surface area contributed by atoms with E-state index in [1.165, 1.54) is 12.1 Å². The maximum atomic E-state index is 13.4. The number of aryl methyl sites for hydroxylation is 1. The molecule has 3 aromatic carbocycles. The van der Waals surface area contributed by atoms with Crippen molar-refractivity contribution in [2.24, 2.45) is 0 Å². The molecule has 0 atom stereocenters. The molecule has 0 saturated carbocycles. The van der Waals surface area contributed by atoms with Crippen LogP contribution in [0.15, 0.2) is 79.5 Å². The minimum atomic E-state index is -0.814. The summed E-state index contributed by atoms with van der Waals surface area (Å²) in [6.07, 6.45) is 4.42. The van der Waals surface area contributed by atoms with E-state index in [1.807, 2.05) is 59.3 Å². The molecule has 0 amide bonds. The zero-order chi connectivity index (χ0) is 20.4. The molecule has 0 saturated heterocycles. The van der Waals surface area contributed by atoms with Crippen LogP contribution in [0.25, 0.3) is 33.8 Å².